The Balaban J connectivity index is -0.0000000820. The minimum atomic E-state index is -2.81. The normalized spacial score (nSPS) is 12.8. The molecule has 7 nitrogen and oxygen atoms in total. The molecular weight excluding hydrogens is 1410 g/mol. The van der Waals surface area contributed by atoms with Gasteiger partial charge in [-0.05, 0) is 243 Å². The molecule has 0 rings (SSSR count). The van der Waals surface area contributed by atoms with E-state index in [2.05, 4.69) is 329 Å². The molecule has 12 heteroatoms. The molecule has 1 atom stereocenters. The zero-order valence-corrected chi connectivity index (χ0v) is 88.1. The Morgan fingerprint density at radius 3 is 0.729 bits per heavy atom. The van der Waals surface area contributed by atoms with Crippen molar-refractivity contribution in [2.75, 3.05) is 5.75 Å². The zero-order valence-electron chi connectivity index (χ0n) is 84.0. The number of hydrogen-bond donors (Lipinski definition) is 0. The van der Waals surface area contributed by atoms with Gasteiger partial charge < -0.3 is 14.2 Å². The van der Waals surface area contributed by atoms with Gasteiger partial charge in [-0.3, -0.25) is 8.42 Å². The van der Waals surface area contributed by atoms with Crippen LogP contribution in [0.15, 0.2) is 12.2 Å². The summed E-state index contributed by atoms with van der Waals surface area (Å²) in [4.78, 5) is 0. The van der Waals surface area contributed by atoms with Crippen LogP contribution in [0.2, 0.25) is 0 Å². The molecule has 0 fully saturated rings. The Kier molecular flexibility index (Phi) is 90.1. The van der Waals surface area contributed by atoms with Gasteiger partial charge in [0.15, 0.2) is 9.84 Å². The van der Waals surface area contributed by atoms with E-state index in [-0.39, 0.29) is 34.4 Å². The third-order valence-electron chi connectivity index (χ3n) is 18.5. The topological polar surface area (TPSA) is 96.0 Å². The average molecular weight is 1630 g/mol. The number of thioether (sulfide) groups is 2. The van der Waals surface area contributed by atoms with Crippen LogP contribution in [0.4, 0.5) is 0 Å². The lowest BCUT2D eigenvalue weighted by atomic mass is 9.72. The summed E-state index contributed by atoms with van der Waals surface area (Å²) in [6, 6.07) is 0. The molecule has 0 saturated carbocycles. The molecule has 0 spiro atoms. The number of hydrogen-bond acceptors (Lipinski definition) is 9. The van der Waals surface area contributed by atoms with E-state index in [1.54, 1.807) is 27.7 Å². The van der Waals surface area contributed by atoms with Crippen LogP contribution in [0.25, 0.3) is 0 Å². The molecule has 107 heavy (non-hydrogen) atoms. The van der Waals surface area contributed by atoms with Gasteiger partial charge >= 0.3 is 0 Å². The second kappa shape index (κ2) is 70.6. The van der Waals surface area contributed by atoms with Gasteiger partial charge in [0.05, 0.1) is 46.1 Å². The number of allylic oxidation sites excluding steroid dienone is 1. The minimum Gasteiger partial charge on any atom is -0.376 e. The van der Waals surface area contributed by atoms with E-state index in [1.165, 1.54) is 24.8 Å². The standard InChI is InChI=1S/C10H22.2C9H20O.C9H20S.C9H20.C9H18.C8H18OS.C7H16.C6H14O2S.C6H14OS.C6H14O.C6H14S.CH4/c1-8(2)7-10(5,6)9(3)4;3*1-7(2)9(5,6)10-8(3)4;1-7(2)9(5,6)8(3)4;1-7(2)6-9(5)8(3)4;1-7(2)6-10(5,9)8(3)4;1-6(2)5-7(3)4;1-5(2)9(7,8)6(3)4;1-5(2)8(7)6(3)4;2*1-5(2)7-6(3)4;/h8-9H,7H2,1-6H3;3*7-8H,1-6H3;7-8H,1-6H3;7-8H,5-6H2,1-4H3;7-8H,5-6H2,1-4H3;6-7H,5H2,1-4H3;5-6H,1-4H3;5-6H,1-4H3;2*5-6H,1-4H3;1H4. The second-order valence-corrected chi connectivity index (χ2v) is 53.1. The molecular formula is C95H214O7S5. The van der Waals surface area contributed by atoms with Crippen LogP contribution in [-0.2, 0) is 44.4 Å². The summed E-state index contributed by atoms with van der Waals surface area (Å²) in [7, 11) is -5.24. The van der Waals surface area contributed by atoms with E-state index in [0.29, 0.717) is 74.2 Å². The molecule has 0 aliphatic rings. The monoisotopic (exact) mass is 1630 g/mol. The second-order valence-electron chi connectivity index (χ2n) is 40.1. The van der Waals surface area contributed by atoms with Crippen molar-refractivity contribution < 1.29 is 31.0 Å². The molecule has 1 unspecified atom stereocenters. The first-order valence-corrected chi connectivity index (χ1v) is 49.2. The largest absolute Gasteiger partial charge is 0.376 e. The highest BCUT2D eigenvalue weighted by atomic mass is 32.2. The molecule has 0 radical (unpaired) electrons. The zero-order chi connectivity index (χ0) is 88.9. The molecule has 0 aliphatic heterocycles. The molecule has 666 valence electrons. The van der Waals surface area contributed by atoms with E-state index in [9.17, 15) is 16.8 Å². The number of rotatable bonds is 30. The van der Waals surface area contributed by atoms with Crippen molar-refractivity contribution in [1.82, 2.24) is 0 Å². The lowest BCUT2D eigenvalue weighted by Crippen LogP contribution is -2.33. The van der Waals surface area contributed by atoms with Crippen molar-refractivity contribution in [3.8, 4) is 0 Å². The van der Waals surface area contributed by atoms with Gasteiger partial charge in [-0.15, -0.1) is 0 Å². The van der Waals surface area contributed by atoms with Gasteiger partial charge in [0, 0.05) is 37.0 Å². The van der Waals surface area contributed by atoms with Crippen LogP contribution in [-0.4, -0.2) is 111 Å². The van der Waals surface area contributed by atoms with Crippen LogP contribution in [0.3, 0.4) is 0 Å². The highest BCUT2D eigenvalue weighted by Crippen LogP contribution is 2.36. The van der Waals surface area contributed by atoms with E-state index in [4.69, 9.17) is 14.2 Å². The third-order valence-corrected chi connectivity index (χ3v) is 28.6. The SMILES string of the molecule is C.C=C(CC(C)C)C(C)C.C=S(=O)(CC(C)C)C(C)C.CC(C)C(C)(C)C(C)C.CC(C)CC(C)(C)C(C)C.CC(C)CC(C)C.CC(C)OC(C)(C)C(C)C.CC(C)OC(C)(C)C(C)C.CC(C)OC(C)C.CC(C)S(=O)(=O)C(C)C.CC(C)S(=O)C(C)C.CC(C)SC(C)(C)C(C)C.CC(C)SC(C)C. The van der Waals surface area contributed by atoms with Crippen molar-refractivity contribution in [3.05, 3.63) is 12.2 Å². The van der Waals surface area contributed by atoms with E-state index in [0.717, 1.165) is 68.8 Å². The lowest BCUT2D eigenvalue weighted by molar-refractivity contribution is -0.0838. The summed E-state index contributed by atoms with van der Waals surface area (Å²) in [6.45, 7) is 129. The maximum absolute atomic E-state index is 11.6. The van der Waals surface area contributed by atoms with E-state index < -0.39 is 30.2 Å². The summed E-state index contributed by atoms with van der Waals surface area (Å²) in [5, 5.41) is 2.70. The molecule has 0 amide bonds. The van der Waals surface area contributed by atoms with Crippen LogP contribution >= 0.6 is 23.5 Å². The number of ether oxygens (including phenoxy) is 3. The maximum atomic E-state index is 11.6. The Hall–Kier alpha value is 0.440. The van der Waals surface area contributed by atoms with Crippen molar-refractivity contribution in [2.45, 2.75) is 511 Å². The summed E-state index contributed by atoms with van der Waals surface area (Å²) in [6.07, 6.45) is 5.29. The third kappa shape index (κ3) is 101. The van der Waals surface area contributed by atoms with Crippen molar-refractivity contribution in [1.29, 1.82) is 0 Å². The van der Waals surface area contributed by atoms with E-state index in [1.807, 2.05) is 81.0 Å². The number of sulfone groups is 1. The summed E-state index contributed by atoms with van der Waals surface area (Å²) >= 11 is 4.07. The highest BCUT2D eigenvalue weighted by Gasteiger charge is 2.28. The van der Waals surface area contributed by atoms with Crippen LogP contribution in [0, 0.1) is 81.8 Å². The fraction of sp³-hybridized carbons (Fsp3) is 0.968. The van der Waals surface area contributed by atoms with Gasteiger partial charge in [-0.2, -0.15) is 23.5 Å². The van der Waals surface area contributed by atoms with Crippen molar-refractivity contribution in [3.63, 3.8) is 0 Å². The fourth-order valence-corrected chi connectivity index (χ4v) is 15.1. The molecule has 0 heterocycles. The first kappa shape index (κ1) is 136. The highest BCUT2D eigenvalue weighted by molar-refractivity contribution is 8.01. The molecule has 0 N–H and O–H groups in total. The first-order valence-electron chi connectivity index (χ1n) is 42.5. The Morgan fingerprint density at radius 1 is 0.383 bits per heavy atom. The van der Waals surface area contributed by atoms with Crippen molar-refractivity contribution in [2.24, 2.45) is 81.8 Å². The average Bonchev–Trinajstić information content (AvgIpc) is 0.898. The van der Waals surface area contributed by atoms with Crippen LogP contribution in [0.1, 0.15) is 428 Å². The molecule has 0 aromatic carbocycles. The summed E-state index contributed by atoms with van der Waals surface area (Å²) in [5.41, 5.74) is 2.45. The molecule has 0 aromatic rings. The van der Waals surface area contributed by atoms with Crippen molar-refractivity contribution >= 4 is 59.6 Å². The molecule has 0 bridgehead atoms. The summed E-state index contributed by atoms with van der Waals surface area (Å²) in [5.74, 6) is 13.3. The maximum Gasteiger partial charge on any atom is 0.154 e. The molecule has 0 aromatic heterocycles. The Labute approximate surface area is 696 Å². The predicted octanol–water partition coefficient (Wildman–Crippen LogP) is 31.8. The van der Waals surface area contributed by atoms with Gasteiger partial charge in [-0.25, -0.2) is 8.42 Å². The lowest BCUT2D eigenvalue weighted by Gasteiger charge is -2.33. The minimum absolute atomic E-state index is 0. The molecule has 0 saturated heterocycles. The van der Waals surface area contributed by atoms with Crippen LogP contribution in [0.5, 0.6) is 0 Å². The summed E-state index contributed by atoms with van der Waals surface area (Å²) < 4.78 is 61.7. The van der Waals surface area contributed by atoms with Gasteiger partial charge in [0.1, 0.15) is 0 Å². The Bertz CT molecular complexity index is 1970. The predicted molar refractivity (Wildman–Crippen MR) is 515 cm³/mol. The van der Waals surface area contributed by atoms with Crippen LogP contribution < -0.4 is 0 Å². The first-order chi connectivity index (χ1) is 46.5. The Morgan fingerprint density at radius 2 is 0.682 bits per heavy atom. The smallest absolute Gasteiger partial charge is 0.154 e. The fourth-order valence-electron chi connectivity index (χ4n) is 8.82. The molecule has 0 aliphatic carbocycles. The van der Waals surface area contributed by atoms with Gasteiger partial charge in [0.25, 0.3) is 0 Å². The van der Waals surface area contributed by atoms with Gasteiger partial charge in [-0.1, -0.05) is 310 Å². The van der Waals surface area contributed by atoms with E-state index >= 15 is 0 Å². The quantitative estimate of drug-likeness (QED) is 0.0515. The van der Waals surface area contributed by atoms with Gasteiger partial charge in [0.2, 0.25) is 0 Å².